The number of thioether (sulfide) groups is 1. The Bertz CT molecular complexity index is 730. The molecule has 0 saturated carbocycles. The number of methoxy groups -OCH3 is 1. The minimum absolute atomic E-state index is 0.0660. The lowest BCUT2D eigenvalue weighted by atomic mass is 10.2. The number of anilines is 1. The van der Waals surface area contributed by atoms with Gasteiger partial charge in [-0.1, -0.05) is 0 Å². The molecule has 2 rings (SSSR count). The summed E-state index contributed by atoms with van der Waals surface area (Å²) in [5.74, 6) is 1.44. The molecule has 0 aliphatic heterocycles. The third-order valence-corrected chi connectivity index (χ3v) is 5.54. The molecule has 0 spiro atoms. The Kier molecular flexibility index (Phi) is 6.08. The summed E-state index contributed by atoms with van der Waals surface area (Å²) in [6.07, 6.45) is 0.400. The van der Waals surface area contributed by atoms with Crippen LogP contribution in [0.25, 0.3) is 0 Å². The molecular weight excluding hydrogens is 328 g/mol. The minimum atomic E-state index is -0.0660. The number of benzene rings is 1. The van der Waals surface area contributed by atoms with Crippen LogP contribution in [0.2, 0.25) is 0 Å². The van der Waals surface area contributed by atoms with Gasteiger partial charge in [-0.05, 0) is 43.7 Å². The van der Waals surface area contributed by atoms with Gasteiger partial charge in [-0.2, -0.15) is 5.26 Å². The Balaban J connectivity index is 1.86. The molecule has 0 aliphatic rings. The molecule has 120 valence electrons. The highest BCUT2D eigenvalue weighted by atomic mass is 32.2. The fourth-order valence-electron chi connectivity index (χ4n) is 1.97. The Labute approximate surface area is 144 Å². The van der Waals surface area contributed by atoms with E-state index in [1.54, 1.807) is 18.9 Å². The van der Waals surface area contributed by atoms with Gasteiger partial charge in [0, 0.05) is 21.9 Å². The first-order chi connectivity index (χ1) is 11.0. The van der Waals surface area contributed by atoms with E-state index in [1.165, 1.54) is 11.3 Å². The van der Waals surface area contributed by atoms with Crippen molar-refractivity contribution in [1.82, 2.24) is 0 Å². The maximum Gasteiger partial charge on any atom is 0.225 e. The molecule has 2 aromatic rings. The van der Waals surface area contributed by atoms with Gasteiger partial charge in [0.15, 0.2) is 0 Å². The zero-order valence-corrected chi connectivity index (χ0v) is 14.9. The molecule has 23 heavy (non-hydrogen) atoms. The Hall–Kier alpha value is -1.97. The van der Waals surface area contributed by atoms with Crippen molar-refractivity contribution in [2.75, 3.05) is 18.2 Å². The van der Waals surface area contributed by atoms with E-state index in [4.69, 9.17) is 4.74 Å². The Morgan fingerprint density at radius 3 is 2.65 bits per heavy atom. The van der Waals surface area contributed by atoms with Gasteiger partial charge in [0.05, 0.1) is 12.7 Å². The molecule has 1 N–H and O–H groups in total. The van der Waals surface area contributed by atoms with Crippen LogP contribution in [-0.2, 0) is 4.79 Å². The van der Waals surface area contributed by atoms with Crippen molar-refractivity contribution in [3.63, 3.8) is 0 Å². The number of nitrogens with zero attached hydrogens (tertiary/aromatic N) is 1. The summed E-state index contributed by atoms with van der Waals surface area (Å²) in [5.41, 5.74) is 1.52. The van der Waals surface area contributed by atoms with Gasteiger partial charge in [-0.3, -0.25) is 4.79 Å². The maximum atomic E-state index is 12.0. The van der Waals surface area contributed by atoms with Crippen LogP contribution in [0.15, 0.2) is 29.2 Å². The predicted octanol–water partition coefficient (Wildman–Crippen LogP) is 4.37. The SMILES string of the molecule is COc1ccc(SCCC(=O)Nc2sc(C)c(C)c2C#N)cc1. The van der Waals surface area contributed by atoms with Crippen molar-refractivity contribution in [3.05, 3.63) is 40.3 Å². The number of nitriles is 1. The number of nitrogens with one attached hydrogen (secondary N) is 1. The number of aryl methyl sites for hydroxylation is 1. The van der Waals surface area contributed by atoms with Crippen LogP contribution in [0.1, 0.15) is 22.4 Å². The first kappa shape index (κ1) is 17.4. The highest BCUT2D eigenvalue weighted by molar-refractivity contribution is 7.99. The van der Waals surface area contributed by atoms with Crippen LogP contribution >= 0.6 is 23.1 Å². The van der Waals surface area contributed by atoms with Gasteiger partial charge >= 0.3 is 0 Å². The molecule has 0 saturated heterocycles. The predicted molar refractivity (Wildman–Crippen MR) is 95.5 cm³/mol. The van der Waals surface area contributed by atoms with E-state index in [-0.39, 0.29) is 5.91 Å². The van der Waals surface area contributed by atoms with Crippen molar-refractivity contribution in [2.45, 2.75) is 25.2 Å². The van der Waals surface area contributed by atoms with Gasteiger partial charge in [-0.25, -0.2) is 0 Å². The van der Waals surface area contributed by atoms with Crippen LogP contribution in [-0.4, -0.2) is 18.8 Å². The molecule has 0 radical (unpaired) electrons. The van der Waals surface area contributed by atoms with Gasteiger partial charge in [0.25, 0.3) is 0 Å². The van der Waals surface area contributed by atoms with Crippen molar-refractivity contribution < 1.29 is 9.53 Å². The van der Waals surface area contributed by atoms with E-state index >= 15 is 0 Å². The monoisotopic (exact) mass is 346 g/mol. The normalized spacial score (nSPS) is 10.2. The van der Waals surface area contributed by atoms with Crippen LogP contribution in [0.3, 0.4) is 0 Å². The third-order valence-electron chi connectivity index (χ3n) is 3.41. The summed E-state index contributed by atoms with van der Waals surface area (Å²) >= 11 is 3.07. The summed E-state index contributed by atoms with van der Waals surface area (Å²) in [7, 11) is 1.63. The van der Waals surface area contributed by atoms with Crippen molar-refractivity contribution in [3.8, 4) is 11.8 Å². The summed E-state index contributed by atoms with van der Waals surface area (Å²) in [6.45, 7) is 3.86. The lowest BCUT2D eigenvalue weighted by Gasteiger charge is -2.05. The minimum Gasteiger partial charge on any atom is -0.497 e. The topological polar surface area (TPSA) is 62.1 Å². The zero-order chi connectivity index (χ0) is 16.8. The second kappa shape index (κ2) is 8.04. The quantitative estimate of drug-likeness (QED) is 0.789. The number of thiophene rings is 1. The van der Waals surface area contributed by atoms with Crippen LogP contribution in [0.4, 0.5) is 5.00 Å². The Morgan fingerprint density at radius 1 is 1.35 bits per heavy atom. The molecule has 1 heterocycles. The molecular formula is C17H18N2O2S2. The van der Waals surface area contributed by atoms with E-state index < -0.39 is 0 Å². The highest BCUT2D eigenvalue weighted by Gasteiger charge is 2.14. The van der Waals surface area contributed by atoms with Crippen LogP contribution in [0.5, 0.6) is 5.75 Å². The van der Waals surface area contributed by atoms with Gasteiger partial charge < -0.3 is 10.1 Å². The average Bonchev–Trinajstić information content (AvgIpc) is 2.81. The second-order valence-corrected chi connectivity index (χ2v) is 7.31. The number of ether oxygens (including phenoxy) is 1. The molecule has 0 bridgehead atoms. The molecule has 1 aromatic heterocycles. The molecule has 0 atom stereocenters. The van der Waals surface area contributed by atoms with Crippen molar-refractivity contribution in [1.29, 1.82) is 5.26 Å². The maximum absolute atomic E-state index is 12.0. The number of carbonyl (C=O) groups is 1. The summed E-state index contributed by atoms with van der Waals surface area (Å²) in [4.78, 5) is 14.2. The largest absolute Gasteiger partial charge is 0.497 e. The fraction of sp³-hybridized carbons (Fsp3) is 0.294. The lowest BCUT2D eigenvalue weighted by molar-refractivity contribution is -0.115. The van der Waals surface area contributed by atoms with Gasteiger partial charge in [0.1, 0.15) is 16.8 Å². The van der Waals surface area contributed by atoms with E-state index in [9.17, 15) is 10.1 Å². The first-order valence-electron chi connectivity index (χ1n) is 7.12. The lowest BCUT2D eigenvalue weighted by Crippen LogP contribution is -2.12. The summed E-state index contributed by atoms with van der Waals surface area (Å²) < 4.78 is 5.11. The third kappa shape index (κ3) is 4.50. The molecule has 1 aromatic carbocycles. The van der Waals surface area contributed by atoms with Crippen LogP contribution < -0.4 is 10.1 Å². The number of amides is 1. The van der Waals surface area contributed by atoms with Crippen molar-refractivity contribution in [2.24, 2.45) is 0 Å². The molecule has 6 heteroatoms. The van der Waals surface area contributed by atoms with E-state index in [2.05, 4.69) is 11.4 Å². The molecule has 1 amide bonds. The smallest absolute Gasteiger partial charge is 0.225 e. The van der Waals surface area contributed by atoms with E-state index in [0.717, 1.165) is 21.1 Å². The van der Waals surface area contributed by atoms with Crippen molar-refractivity contribution >= 4 is 34.0 Å². The number of carbonyl (C=O) groups excluding carboxylic acids is 1. The van der Waals surface area contributed by atoms with Gasteiger partial charge in [-0.15, -0.1) is 23.1 Å². The fourth-order valence-corrected chi connectivity index (χ4v) is 3.85. The Morgan fingerprint density at radius 2 is 2.04 bits per heavy atom. The molecule has 0 aliphatic carbocycles. The van der Waals surface area contributed by atoms with E-state index in [1.807, 2.05) is 38.1 Å². The number of hydrogen-bond acceptors (Lipinski definition) is 5. The summed E-state index contributed by atoms with van der Waals surface area (Å²) in [5, 5.41) is 12.7. The summed E-state index contributed by atoms with van der Waals surface area (Å²) in [6, 6.07) is 9.91. The zero-order valence-electron chi connectivity index (χ0n) is 13.3. The molecule has 4 nitrogen and oxygen atoms in total. The number of rotatable bonds is 6. The molecule has 0 fully saturated rings. The molecule has 0 unspecified atom stereocenters. The van der Waals surface area contributed by atoms with Crippen LogP contribution in [0, 0.1) is 25.2 Å². The second-order valence-electron chi connectivity index (χ2n) is 4.92. The van der Waals surface area contributed by atoms with E-state index in [0.29, 0.717) is 22.7 Å². The average molecular weight is 346 g/mol. The highest BCUT2D eigenvalue weighted by Crippen LogP contribution is 2.31. The number of hydrogen-bond donors (Lipinski definition) is 1. The van der Waals surface area contributed by atoms with Gasteiger partial charge in [0.2, 0.25) is 5.91 Å². The standard InChI is InChI=1S/C17H18N2O2S2/c1-11-12(2)23-17(15(11)10-18)19-16(20)8-9-22-14-6-4-13(21-3)5-7-14/h4-7H,8-9H2,1-3H3,(H,19,20). The first-order valence-corrected chi connectivity index (χ1v) is 8.92.